The molecule has 0 saturated carbocycles. The summed E-state index contributed by atoms with van der Waals surface area (Å²) in [6.07, 6.45) is 20.4. The highest BCUT2D eigenvalue weighted by Gasteiger charge is 2.24. The van der Waals surface area contributed by atoms with Gasteiger partial charge in [-0.05, 0) is 81.1 Å². The number of nitrogens with two attached hydrogens (primary N) is 1. The summed E-state index contributed by atoms with van der Waals surface area (Å²) in [5, 5.41) is 24.1. The number of rotatable bonds is 12. The molecule has 0 bridgehead atoms. The van der Waals surface area contributed by atoms with Crippen molar-refractivity contribution in [3.63, 3.8) is 0 Å². The standard InChI is InChI=1S/C43H43N15O3S2/c1-23-11-34(62-36(23)38(44)59)53-39-42-48-18-33(57(42)22-31(51-39)27-8-6-10-46-14-27)29-16-50-58(20-29)25(3)61-43(60)37-24(2)12-35(63-37)54-40-41-47-17-32(28-15-49-55(4)19-28)56(41)21-30(52-40)26-7-5-9-45-13-26/h7-8,11-12,15-22,25,45-46H,5-6,9-10,13-14H2,1-4H3,(H2,44,59)(H,51,53)(H,52,54). The average Bonchev–Trinajstić information content (AvgIpc) is 4.15. The van der Waals surface area contributed by atoms with Crippen molar-refractivity contribution < 1.29 is 14.3 Å². The monoisotopic (exact) mass is 881 g/mol. The number of nitrogens with one attached hydrogen (secondary N) is 4. The van der Waals surface area contributed by atoms with Crippen LogP contribution in [0.25, 0.3) is 45.0 Å². The Morgan fingerprint density at radius 2 is 1.30 bits per heavy atom. The van der Waals surface area contributed by atoms with Crippen LogP contribution < -0.4 is 27.0 Å². The van der Waals surface area contributed by atoms with Gasteiger partial charge in [0.15, 0.2) is 29.2 Å². The summed E-state index contributed by atoms with van der Waals surface area (Å²) >= 11 is 2.57. The van der Waals surface area contributed by atoms with E-state index >= 15 is 0 Å². The van der Waals surface area contributed by atoms with Crippen molar-refractivity contribution in [2.45, 2.75) is 39.8 Å². The summed E-state index contributed by atoms with van der Waals surface area (Å²) in [7, 11) is 1.89. The number of fused-ring (bicyclic) bond motifs is 2. The van der Waals surface area contributed by atoms with Gasteiger partial charge in [-0.15, -0.1) is 22.7 Å². The minimum atomic E-state index is -0.732. The van der Waals surface area contributed by atoms with Crippen molar-refractivity contribution in [3.8, 4) is 22.5 Å². The topological polar surface area (TPSA) is 214 Å². The van der Waals surface area contributed by atoms with Crippen LogP contribution in [0.2, 0.25) is 0 Å². The summed E-state index contributed by atoms with van der Waals surface area (Å²) < 4.78 is 13.4. The highest BCUT2D eigenvalue weighted by Crippen LogP contribution is 2.35. The fourth-order valence-corrected chi connectivity index (χ4v) is 9.69. The highest BCUT2D eigenvalue weighted by molar-refractivity contribution is 7.18. The van der Waals surface area contributed by atoms with Crippen molar-refractivity contribution >= 4 is 78.6 Å². The molecule has 63 heavy (non-hydrogen) atoms. The van der Waals surface area contributed by atoms with E-state index in [0.29, 0.717) is 45.8 Å². The third-order valence-electron chi connectivity index (χ3n) is 11.0. The Balaban J connectivity index is 0.901. The molecule has 10 rings (SSSR count). The van der Waals surface area contributed by atoms with E-state index in [0.717, 1.165) is 92.1 Å². The number of aryl methyl sites for hydroxylation is 3. The van der Waals surface area contributed by atoms with Crippen LogP contribution in [0.4, 0.5) is 21.6 Å². The number of esters is 1. The van der Waals surface area contributed by atoms with E-state index in [2.05, 4.69) is 43.6 Å². The summed E-state index contributed by atoms with van der Waals surface area (Å²) in [4.78, 5) is 46.3. The Kier molecular flexibility index (Phi) is 10.4. The Hall–Kier alpha value is -7.00. The van der Waals surface area contributed by atoms with Gasteiger partial charge in [-0.2, -0.15) is 10.2 Å². The van der Waals surface area contributed by atoms with Gasteiger partial charge in [-0.3, -0.25) is 18.3 Å². The van der Waals surface area contributed by atoms with Crippen molar-refractivity contribution in [2.24, 2.45) is 12.8 Å². The van der Waals surface area contributed by atoms with Crippen LogP contribution in [-0.4, -0.2) is 86.4 Å². The molecular weight excluding hydrogens is 839 g/mol. The number of aromatic nitrogens is 10. The third kappa shape index (κ3) is 7.77. The first kappa shape index (κ1) is 40.1. The van der Waals surface area contributed by atoms with Crippen LogP contribution in [0, 0.1) is 13.8 Å². The Morgan fingerprint density at radius 3 is 1.81 bits per heavy atom. The summed E-state index contributed by atoms with van der Waals surface area (Å²) in [5.41, 5.74) is 15.5. The highest BCUT2D eigenvalue weighted by atomic mass is 32.1. The van der Waals surface area contributed by atoms with E-state index in [1.807, 2.05) is 79.0 Å². The summed E-state index contributed by atoms with van der Waals surface area (Å²) in [6.45, 7) is 8.72. The van der Waals surface area contributed by atoms with E-state index in [1.54, 1.807) is 28.7 Å². The molecule has 20 heteroatoms. The third-order valence-corrected chi connectivity index (χ3v) is 13.3. The molecule has 6 N–H and O–H groups in total. The van der Waals surface area contributed by atoms with E-state index in [9.17, 15) is 9.59 Å². The Morgan fingerprint density at radius 1 is 0.762 bits per heavy atom. The van der Waals surface area contributed by atoms with E-state index < -0.39 is 18.1 Å². The lowest BCUT2D eigenvalue weighted by Gasteiger charge is -2.16. The number of primary amides is 1. The van der Waals surface area contributed by atoms with Crippen molar-refractivity contribution in [2.75, 3.05) is 36.8 Å². The lowest BCUT2D eigenvalue weighted by Crippen LogP contribution is -2.22. The van der Waals surface area contributed by atoms with Gasteiger partial charge >= 0.3 is 5.97 Å². The molecule has 10 heterocycles. The number of amides is 1. The van der Waals surface area contributed by atoms with E-state index in [1.165, 1.54) is 22.7 Å². The number of carbonyl (C=O) groups is 2. The number of carbonyl (C=O) groups excluding carboxylic acids is 2. The van der Waals surface area contributed by atoms with Crippen molar-refractivity contribution in [3.05, 3.63) is 106 Å². The van der Waals surface area contributed by atoms with Gasteiger partial charge in [0, 0.05) is 56.1 Å². The molecule has 0 aliphatic carbocycles. The zero-order valence-corrected chi connectivity index (χ0v) is 36.5. The lowest BCUT2D eigenvalue weighted by molar-refractivity contribution is 0.0123. The summed E-state index contributed by atoms with van der Waals surface area (Å²) in [5.74, 6) is 0.149. The van der Waals surface area contributed by atoms with Gasteiger partial charge in [0.2, 0.25) is 0 Å². The molecular formula is C43H43N15O3S2. The maximum atomic E-state index is 13.8. The largest absolute Gasteiger partial charge is 0.436 e. The average molecular weight is 882 g/mol. The van der Waals surface area contributed by atoms with Crippen LogP contribution >= 0.6 is 22.7 Å². The maximum absolute atomic E-state index is 13.8. The second-order valence-corrected chi connectivity index (χ2v) is 17.6. The summed E-state index contributed by atoms with van der Waals surface area (Å²) in [6, 6.07) is 3.80. The minimum Gasteiger partial charge on any atom is -0.436 e. The van der Waals surface area contributed by atoms with Crippen LogP contribution in [0.1, 0.15) is 67.9 Å². The molecule has 0 saturated heterocycles. The van der Waals surface area contributed by atoms with Gasteiger partial charge in [0.1, 0.15) is 4.88 Å². The predicted octanol–water partition coefficient (Wildman–Crippen LogP) is 6.49. The number of hydrogen-bond donors (Lipinski definition) is 5. The molecule has 1 atom stereocenters. The second kappa shape index (κ2) is 16.4. The molecule has 1 unspecified atom stereocenters. The van der Waals surface area contributed by atoms with Gasteiger partial charge in [0.05, 0.1) is 62.4 Å². The molecule has 0 fully saturated rings. The molecule has 0 radical (unpaired) electrons. The first-order valence-corrected chi connectivity index (χ1v) is 22.0. The Labute approximate surface area is 368 Å². The predicted molar refractivity (Wildman–Crippen MR) is 244 cm³/mol. The second-order valence-electron chi connectivity index (χ2n) is 15.5. The molecule has 8 aromatic rings. The first-order chi connectivity index (χ1) is 30.6. The number of thiophene rings is 2. The lowest BCUT2D eigenvalue weighted by atomic mass is 10.1. The SMILES string of the molecule is Cc1cc(Nc2nc(C3=CCCNC3)cn3c(-c4cnn(C(C)OC(=O)c5sc(Nc6nc(C7=CCCNC7)cn7c(-c8cnn(C)c8)cnc67)cc5C)c4)cnc23)sc1C(N)=O. The zero-order chi connectivity index (χ0) is 43.4. The number of imidazole rings is 2. The van der Waals surface area contributed by atoms with Gasteiger partial charge in [-0.1, -0.05) is 12.2 Å². The number of ether oxygens (including phenoxy) is 1. The molecule has 320 valence electrons. The maximum Gasteiger partial charge on any atom is 0.350 e. The van der Waals surface area contributed by atoms with Crippen LogP contribution in [0.5, 0.6) is 0 Å². The van der Waals surface area contributed by atoms with Gasteiger partial charge in [-0.25, -0.2) is 29.4 Å². The smallest absolute Gasteiger partial charge is 0.350 e. The van der Waals surface area contributed by atoms with E-state index in [-0.39, 0.29) is 0 Å². The molecule has 2 aliphatic heterocycles. The molecule has 0 spiro atoms. The van der Waals surface area contributed by atoms with Crippen molar-refractivity contribution in [1.82, 2.24) is 58.9 Å². The fourth-order valence-electron chi connectivity index (χ4n) is 7.81. The molecule has 2 aliphatic rings. The minimum absolute atomic E-state index is 0.458. The normalized spacial score (nSPS) is 14.8. The number of nitrogens with zero attached hydrogens (tertiary/aromatic N) is 10. The Bertz CT molecular complexity index is 3140. The van der Waals surface area contributed by atoms with Gasteiger partial charge < -0.3 is 31.7 Å². The number of hydrogen-bond acceptors (Lipinski definition) is 15. The number of anilines is 4. The van der Waals surface area contributed by atoms with Crippen LogP contribution in [0.15, 0.2) is 73.9 Å². The molecule has 18 nitrogen and oxygen atoms in total. The molecule has 8 aromatic heterocycles. The van der Waals surface area contributed by atoms with Gasteiger partial charge in [0.25, 0.3) is 5.91 Å². The van der Waals surface area contributed by atoms with Crippen LogP contribution in [0.3, 0.4) is 0 Å². The molecule has 0 aromatic carbocycles. The van der Waals surface area contributed by atoms with E-state index in [4.69, 9.17) is 30.4 Å². The first-order valence-electron chi connectivity index (χ1n) is 20.4. The van der Waals surface area contributed by atoms with Crippen LogP contribution in [-0.2, 0) is 11.8 Å². The quantitative estimate of drug-likeness (QED) is 0.0832. The zero-order valence-electron chi connectivity index (χ0n) is 34.8. The van der Waals surface area contributed by atoms with Crippen molar-refractivity contribution in [1.29, 1.82) is 0 Å². The molecule has 1 amide bonds. The fraction of sp³-hybridized carbons (Fsp3) is 0.256.